The Hall–Kier alpha value is -1.28. The third-order valence-electron chi connectivity index (χ3n) is 1.76. The zero-order valence-corrected chi connectivity index (χ0v) is 9.58. The Bertz CT molecular complexity index is 354. The van der Waals surface area contributed by atoms with Crippen molar-refractivity contribution in [3.63, 3.8) is 0 Å². The van der Waals surface area contributed by atoms with E-state index < -0.39 is 0 Å². The summed E-state index contributed by atoms with van der Waals surface area (Å²) in [6, 6.07) is 7.24. The van der Waals surface area contributed by atoms with Crippen LogP contribution in [0.3, 0.4) is 0 Å². The molecule has 0 aliphatic heterocycles. The second kappa shape index (κ2) is 5.56. The predicted molar refractivity (Wildman–Crippen MR) is 61.7 cm³/mol. The van der Waals surface area contributed by atoms with Gasteiger partial charge in [-0.15, -0.1) is 0 Å². The number of nitrogens with zero attached hydrogens (tertiary/aromatic N) is 1. The molecule has 0 saturated heterocycles. The Labute approximate surface area is 95.2 Å². The smallest absolute Gasteiger partial charge is 0.169 e. The highest BCUT2D eigenvalue weighted by atomic mass is 35.5. The molecule has 0 aliphatic rings. The molecule has 0 unspecified atom stereocenters. The van der Waals surface area contributed by atoms with E-state index in [-0.39, 0.29) is 5.78 Å². The Balaban J connectivity index is 2.55. The van der Waals surface area contributed by atoms with Gasteiger partial charge < -0.3 is 4.90 Å². The first-order valence-corrected chi connectivity index (χ1v) is 4.99. The average molecular weight is 223 g/mol. The minimum Gasteiger partial charge on any atom is -0.383 e. The highest BCUT2D eigenvalue weighted by Gasteiger charge is 2.00. The zero-order valence-electron chi connectivity index (χ0n) is 8.83. The van der Waals surface area contributed by atoms with E-state index >= 15 is 0 Å². The quantitative estimate of drug-likeness (QED) is 0.729. The molecule has 0 spiro atoms. The van der Waals surface area contributed by atoms with Crippen LogP contribution >= 0.6 is 11.6 Å². The number of rotatable bonds is 4. The van der Waals surface area contributed by atoms with Crippen LogP contribution in [-0.4, -0.2) is 24.8 Å². The fraction of sp³-hybridized carbons (Fsp3) is 0.250. The van der Waals surface area contributed by atoms with E-state index in [1.807, 2.05) is 26.2 Å². The molecule has 79 valence electrons. The van der Waals surface area contributed by atoms with Crippen molar-refractivity contribution in [1.29, 1.82) is 0 Å². The number of hydrogen-bond acceptors (Lipinski definition) is 2. The van der Waals surface area contributed by atoms with Gasteiger partial charge in [0, 0.05) is 37.8 Å². The number of halogens is 1. The molecule has 15 heavy (non-hydrogen) atoms. The molecule has 0 fully saturated rings. The van der Waals surface area contributed by atoms with Gasteiger partial charge in [-0.1, -0.05) is 23.7 Å². The molecule has 1 radical (unpaired) electrons. The second-order valence-electron chi connectivity index (χ2n) is 3.46. The van der Waals surface area contributed by atoms with Crippen LogP contribution in [0.25, 0.3) is 0 Å². The predicted octanol–water partition coefficient (Wildman–Crippen LogP) is 2.33. The van der Waals surface area contributed by atoms with Crippen molar-refractivity contribution in [2.45, 2.75) is 6.42 Å². The molecule has 0 amide bonds. The molecule has 1 aromatic rings. The van der Waals surface area contributed by atoms with E-state index in [0.29, 0.717) is 11.4 Å². The lowest BCUT2D eigenvalue weighted by molar-refractivity contribution is -0.114. The van der Waals surface area contributed by atoms with Crippen molar-refractivity contribution < 1.29 is 4.79 Å². The molecule has 0 bridgehead atoms. The minimum absolute atomic E-state index is 0.0361. The molecule has 1 aromatic carbocycles. The second-order valence-corrected chi connectivity index (χ2v) is 3.90. The Morgan fingerprint density at radius 2 is 2.00 bits per heavy atom. The molecule has 0 atom stereocenters. The van der Waals surface area contributed by atoms with E-state index in [1.165, 1.54) is 0 Å². The third-order valence-corrected chi connectivity index (χ3v) is 2.01. The van der Waals surface area contributed by atoms with Crippen LogP contribution in [0.5, 0.6) is 0 Å². The van der Waals surface area contributed by atoms with E-state index in [9.17, 15) is 4.79 Å². The number of hydrogen-bond donors (Lipinski definition) is 0. The van der Waals surface area contributed by atoms with Crippen molar-refractivity contribution in [3.05, 3.63) is 47.1 Å². The summed E-state index contributed by atoms with van der Waals surface area (Å²) in [5, 5.41) is 0.680. The van der Waals surface area contributed by atoms with Gasteiger partial charge in [0.1, 0.15) is 0 Å². The molecule has 0 N–H and O–H groups in total. The lowest BCUT2D eigenvalue weighted by atomic mass is 10.1. The maximum Gasteiger partial charge on any atom is 0.169 e. The van der Waals surface area contributed by atoms with Gasteiger partial charge in [0.25, 0.3) is 0 Å². The normalized spacial score (nSPS) is 10.6. The summed E-state index contributed by atoms with van der Waals surface area (Å²) in [7, 11) is 3.70. The highest BCUT2D eigenvalue weighted by Crippen LogP contribution is 2.10. The first-order chi connectivity index (χ1) is 7.08. The molecule has 0 aliphatic carbocycles. The van der Waals surface area contributed by atoms with Gasteiger partial charge in [-0.05, 0) is 17.7 Å². The summed E-state index contributed by atoms with van der Waals surface area (Å²) in [6.45, 7) is 0. The standard InChI is InChI=1S/C12H13ClNO/c1-14(2)8-7-12(15)9-10-3-5-11(13)6-4-10/h3-6,8H,9H2,1-2H3. The minimum atomic E-state index is -0.0361. The van der Waals surface area contributed by atoms with Gasteiger partial charge in [0.15, 0.2) is 5.78 Å². The fourth-order valence-corrected chi connectivity index (χ4v) is 1.17. The highest BCUT2D eigenvalue weighted by molar-refractivity contribution is 6.30. The molecule has 3 heteroatoms. The van der Waals surface area contributed by atoms with Gasteiger partial charge in [-0.2, -0.15) is 0 Å². The molecule has 0 aromatic heterocycles. The van der Waals surface area contributed by atoms with Crippen LogP contribution in [0.1, 0.15) is 5.56 Å². The zero-order chi connectivity index (χ0) is 11.3. The van der Waals surface area contributed by atoms with Crippen molar-refractivity contribution in [2.24, 2.45) is 0 Å². The van der Waals surface area contributed by atoms with Gasteiger partial charge >= 0.3 is 0 Å². The summed E-state index contributed by atoms with van der Waals surface area (Å²) in [6.07, 6.45) is 4.66. The van der Waals surface area contributed by atoms with Crippen LogP contribution in [0.2, 0.25) is 5.02 Å². The van der Waals surface area contributed by atoms with E-state index in [0.717, 1.165) is 5.56 Å². The third kappa shape index (κ3) is 4.66. The van der Waals surface area contributed by atoms with Crippen molar-refractivity contribution in [3.8, 4) is 0 Å². The summed E-state index contributed by atoms with van der Waals surface area (Å²) >= 11 is 5.74. The van der Waals surface area contributed by atoms with Crippen LogP contribution in [0.4, 0.5) is 0 Å². The van der Waals surface area contributed by atoms with Crippen molar-refractivity contribution >= 4 is 17.4 Å². The Morgan fingerprint density at radius 3 is 2.53 bits per heavy atom. The Kier molecular flexibility index (Phi) is 4.37. The molecule has 2 nitrogen and oxygen atoms in total. The van der Waals surface area contributed by atoms with E-state index in [4.69, 9.17) is 11.6 Å². The van der Waals surface area contributed by atoms with E-state index in [2.05, 4.69) is 6.08 Å². The van der Waals surface area contributed by atoms with Crippen LogP contribution < -0.4 is 0 Å². The summed E-state index contributed by atoms with van der Waals surface area (Å²) in [5.74, 6) is -0.0361. The van der Waals surface area contributed by atoms with Gasteiger partial charge in [-0.25, -0.2) is 0 Å². The summed E-state index contributed by atoms with van der Waals surface area (Å²) in [5.41, 5.74) is 0.948. The number of carbonyl (C=O) groups excluding carboxylic acids is 1. The summed E-state index contributed by atoms with van der Waals surface area (Å²) in [4.78, 5) is 13.2. The Morgan fingerprint density at radius 1 is 1.40 bits per heavy atom. The number of allylic oxidation sites excluding steroid dienone is 1. The van der Waals surface area contributed by atoms with Crippen molar-refractivity contribution in [2.75, 3.05) is 14.1 Å². The first-order valence-electron chi connectivity index (χ1n) is 4.61. The van der Waals surface area contributed by atoms with Gasteiger partial charge in [-0.3, -0.25) is 4.79 Å². The molecule has 0 saturated carbocycles. The lowest BCUT2D eigenvalue weighted by Gasteiger charge is -2.02. The monoisotopic (exact) mass is 222 g/mol. The number of benzene rings is 1. The molecular formula is C12H13ClNO. The van der Waals surface area contributed by atoms with Gasteiger partial charge in [0.05, 0.1) is 0 Å². The van der Waals surface area contributed by atoms with Gasteiger partial charge in [0.2, 0.25) is 0 Å². The molecule has 0 heterocycles. The number of ketones is 1. The SMILES string of the molecule is CN(C)/C=[C]\C(=O)Cc1ccc(Cl)cc1. The number of carbonyl (C=O) groups is 1. The van der Waals surface area contributed by atoms with Crippen LogP contribution in [0.15, 0.2) is 30.5 Å². The lowest BCUT2D eigenvalue weighted by Crippen LogP contribution is -2.05. The maximum absolute atomic E-state index is 11.4. The number of Topliss-reactive ketones (excluding diaryl/α,β-unsaturated/α-hetero) is 1. The molecular weight excluding hydrogens is 210 g/mol. The largest absolute Gasteiger partial charge is 0.383 e. The van der Waals surface area contributed by atoms with Crippen molar-refractivity contribution in [1.82, 2.24) is 4.90 Å². The summed E-state index contributed by atoms with van der Waals surface area (Å²) < 4.78 is 0. The average Bonchev–Trinajstić information content (AvgIpc) is 2.19. The maximum atomic E-state index is 11.4. The van der Waals surface area contributed by atoms with E-state index in [1.54, 1.807) is 23.2 Å². The first kappa shape index (κ1) is 11.8. The van der Waals surface area contributed by atoms with Crippen LogP contribution in [-0.2, 0) is 11.2 Å². The van der Waals surface area contributed by atoms with Crippen LogP contribution in [0, 0.1) is 6.08 Å². The topological polar surface area (TPSA) is 20.3 Å². The fourth-order valence-electron chi connectivity index (χ4n) is 1.04. The molecule has 1 rings (SSSR count).